The highest BCUT2D eigenvalue weighted by Crippen LogP contribution is 2.32. The van der Waals surface area contributed by atoms with E-state index in [0.29, 0.717) is 29.4 Å². The van der Waals surface area contributed by atoms with Crippen molar-refractivity contribution in [1.29, 1.82) is 0 Å². The third-order valence-electron chi connectivity index (χ3n) is 3.64. The molecule has 0 aliphatic carbocycles. The van der Waals surface area contributed by atoms with E-state index in [9.17, 15) is 9.59 Å². The van der Waals surface area contributed by atoms with Gasteiger partial charge in [-0.2, -0.15) is 0 Å². The van der Waals surface area contributed by atoms with Crippen molar-refractivity contribution in [1.82, 2.24) is 0 Å². The van der Waals surface area contributed by atoms with E-state index < -0.39 is 5.91 Å². The first-order chi connectivity index (χ1) is 9.75. The summed E-state index contributed by atoms with van der Waals surface area (Å²) in [7, 11) is 0. The molecule has 0 radical (unpaired) electrons. The average molecular weight is 311 g/mol. The summed E-state index contributed by atoms with van der Waals surface area (Å²) in [5, 5.41) is 5.03. The number of hydrogen-bond acceptors (Lipinski definition) is 4. The van der Waals surface area contributed by atoms with Crippen molar-refractivity contribution in [2.24, 2.45) is 22.8 Å². The lowest BCUT2D eigenvalue weighted by Crippen LogP contribution is -2.25. The van der Waals surface area contributed by atoms with Gasteiger partial charge in [-0.25, -0.2) is 0 Å². The molecule has 1 rings (SSSR count). The van der Waals surface area contributed by atoms with Gasteiger partial charge in [0.15, 0.2) is 0 Å². The second kappa shape index (κ2) is 7.56. The van der Waals surface area contributed by atoms with Gasteiger partial charge < -0.3 is 16.8 Å². The van der Waals surface area contributed by atoms with Crippen molar-refractivity contribution in [3.63, 3.8) is 0 Å². The summed E-state index contributed by atoms with van der Waals surface area (Å²) < 4.78 is 0. The highest BCUT2D eigenvalue weighted by atomic mass is 32.1. The first-order valence-electron chi connectivity index (χ1n) is 7.13. The van der Waals surface area contributed by atoms with Crippen LogP contribution in [0.5, 0.6) is 0 Å². The fourth-order valence-corrected chi connectivity index (χ4v) is 3.11. The van der Waals surface area contributed by atoms with Crippen molar-refractivity contribution < 1.29 is 9.59 Å². The topological polar surface area (TPSA) is 98.2 Å². The Morgan fingerprint density at radius 3 is 2.52 bits per heavy atom. The number of nitrogens with one attached hydrogen (secondary N) is 1. The van der Waals surface area contributed by atoms with Gasteiger partial charge in [-0.05, 0) is 42.2 Å². The van der Waals surface area contributed by atoms with Gasteiger partial charge in [-0.1, -0.05) is 20.8 Å². The molecule has 0 saturated heterocycles. The molecule has 1 atom stereocenters. The van der Waals surface area contributed by atoms with Crippen LogP contribution in [-0.4, -0.2) is 18.4 Å². The van der Waals surface area contributed by atoms with Gasteiger partial charge in [0.05, 0.1) is 5.56 Å². The minimum atomic E-state index is -0.526. The summed E-state index contributed by atoms with van der Waals surface area (Å²) in [5.74, 6) is -0.222. The molecule has 1 heterocycles. The Balaban J connectivity index is 2.57. The Hall–Kier alpha value is -1.40. The highest BCUT2D eigenvalue weighted by molar-refractivity contribution is 7.14. The number of hydrogen-bond donors (Lipinski definition) is 3. The molecule has 0 bridgehead atoms. The molecule has 2 amide bonds. The van der Waals surface area contributed by atoms with E-state index in [-0.39, 0.29) is 11.3 Å². The number of carbonyl (C=O) groups is 2. The third kappa shape index (κ3) is 5.47. The monoisotopic (exact) mass is 311 g/mol. The van der Waals surface area contributed by atoms with Crippen LogP contribution in [0.4, 0.5) is 5.00 Å². The summed E-state index contributed by atoms with van der Waals surface area (Å²) in [6.07, 6.45) is 2.10. The Morgan fingerprint density at radius 2 is 2.00 bits per heavy atom. The molecule has 21 heavy (non-hydrogen) atoms. The van der Waals surface area contributed by atoms with Crippen molar-refractivity contribution in [2.75, 3.05) is 11.9 Å². The lowest BCUT2D eigenvalue weighted by atomic mass is 9.76. The molecule has 1 aromatic heterocycles. The predicted molar refractivity (Wildman–Crippen MR) is 87.3 cm³/mol. The van der Waals surface area contributed by atoms with E-state index in [2.05, 4.69) is 26.1 Å². The summed E-state index contributed by atoms with van der Waals surface area (Å²) in [5.41, 5.74) is 11.4. The highest BCUT2D eigenvalue weighted by Gasteiger charge is 2.24. The van der Waals surface area contributed by atoms with Gasteiger partial charge in [0.1, 0.15) is 5.00 Å². The number of amides is 2. The normalized spacial score (nSPS) is 13.0. The van der Waals surface area contributed by atoms with Crippen LogP contribution >= 0.6 is 11.3 Å². The minimum absolute atomic E-state index is 0.0915. The Bertz CT molecular complexity index is 491. The van der Waals surface area contributed by atoms with Crippen molar-refractivity contribution >= 4 is 28.2 Å². The zero-order valence-corrected chi connectivity index (χ0v) is 13.8. The van der Waals surface area contributed by atoms with Crippen molar-refractivity contribution in [3.05, 3.63) is 17.0 Å². The van der Waals surface area contributed by atoms with Crippen LogP contribution in [0.2, 0.25) is 0 Å². The van der Waals surface area contributed by atoms with Crippen LogP contribution in [-0.2, 0) is 4.79 Å². The quantitative estimate of drug-likeness (QED) is 0.721. The van der Waals surface area contributed by atoms with Gasteiger partial charge in [-0.3, -0.25) is 9.59 Å². The molecule has 0 spiro atoms. The fraction of sp³-hybridized carbons (Fsp3) is 0.600. The molecule has 0 aliphatic heterocycles. The maximum Gasteiger partial charge on any atom is 0.251 e. The van der Waals surface area contributed by atoms with E-state index in [1.807, 2.05) is 0 Å². The number of nitrogens with two attached hydrogens (primary N) is 2. The maximum absolute atomic E-state index is 12.0. The van der Waals surface area contributed by atoms with Crippen LogP contribution < -0.4 is 16.8 Å². The van der Waals surface area contributed by atoms with E-state index in [0.717, 1.165) is 12.8 Å². The van der Waals surface area contributed by atoms with Gasteiger partial charge >= 0.3 is 0 Å². The fourth-order valence-electron chi connectivity index (χ4n) is 2.31. The minimum Gasteiger partial charge on any atom is -0.366 e. The molecule has 0 aromatic carbocycles. The summed E-state index contributed by atoms with van der Waals surface area (Å²) in [4.78, 5) is 23.2. The molecule has 0 fully saturated rings. The van der Waals surface area contributed by atoms with Gasteiger partial charge in [-0.15, -0.1) is 11.3 Å². The third-order valence-corrected chi connectivity index (χ3v) is 4.47. The Morgan fingerprint density at radius 1 is 1.33 bits per heavy atom. The molecule has 5 N–H and O–H groups in total. The van der Waals surface area contributed by atoms with E-state index >= 15 is 0 Å². The number of anilines is 1. The van der Waals surface area contributed by atoms with Crippen LogP contribution in [0.15, 0.2) is 11.4 Å². The molecule has 1 unspecified atom stereocenters. The van der Waals surface area contributed by atoms with Crippen LogP contribution in [0, 0.1) is 11.3 Å². The first-order valence-corrected chi connectivity index (χ1v) is 8.01. The number of primary amides is 1. The van der Waals surface area contributed by atoms with Gasteiger partial charge in [0, 0.05) is 6.42 Å². The van der Waals surface area contributed by atoms with Gasteiger partial charge in [0.25, 0.3) is 5.91 Å². The lowest BCUT2D eigenvalue weighted by Gasteiger charge is -2.30. The second-order valence-electron chi connectivity index (χ2n) is 6.25. The molecular weight excluding hydrogens is 286 g/mol. The predicted octanol–water partition coefficient (Wildman–Crippen LogP) is 2.58. The molecule has 6 heteroatoms. The standard InChI is InChI=1S/C15H25N3O2S/c1-15(2,3)10(6-8-16)4-5-12(19)18-14-11(13(17)20)7-9-21-14/h7,9-10H,4-6,8,16H2,1-3H3,(H2,17,20)(H,18,19). The average Bonchev–Trinajstić information content (AvgIpc) is 2.81. The number of thiophene rings is 1. The van der Waals surface area contributed by atoms with E-state index in [1.165, 1.54) is 11.3 Å². The zero-order chi connectivity index (χ0) is 16.0. The largest absolute Gasteiger partial charge is 0.366 e. The molecule has 118 valence electrons. The first kappa shape index (κ1) is 17.7. The Kier molecular flexibility index (Phi) is 6.36. The second-order valence-corrected chi connectivity index (χ2v) is 7.17. The molecule has 1 aromatic rings. The van der Waals surface area contributed by atoms with Crippen LogP contribution in [0.3, 0.4) is 0 Å². The van der Waals surface area contributed by atoms with Crippen molar-refractivity contribution in [2.45, 2.75) is 40.0 Å². The van der Waals surface area contributed by atoms with Gasteiger partial charge in [0.2, 0.25) is 5.91 Å². The Labute approximate surface area is 130 Å². The molecule has 0 aliphatic rings. The molecule has 5 nitrogen and oxygen atoms in total. The molecular formula is C15H25N3O2S. The number of carbonyl (C=O) groups excluding carboxylic acids is 2. The SMILES string of the molecule is CC(C)(C)C(CCN)CCC(=O)Nc1sccc1C(N)=O. The maximum atomic E-state index is 12.0. The smallest absolute Gasteiger partial charge is 0.251 e. The van der Waals surface area contributed by atoms with Crippen LogP contribution in [0.1, 0.15) is 50.4 Å². The zero-order valence-electron chi connectivity index (χ0n) is 12.9. The van der Waals surface area contributed by atoms with E-state index in [4.69, 9.17) is 11.5 Å². The summed E-state index contributed by atoms with van der Waals surface area (Å²) in [6, 6.07) is 1.62. The molecule has 0 saturated carbocycles. The van der Waals surface area contributed by atoms with Crippen molar-refractivity contribution in [3.8, 4) is 0 Å². The summed E-state index contributed by atoms with van der Waals surface area (Å²) in [6.45, 7) is 7.11. The lowest BCUT2D eigenvalue weighted by molar-refractivity contribution is -0.116. The van der Waals surface area contributed by atoms with E-state index in [1.54, 1.807) is 11.4 Å². The number of rotatable bonds is 7. The van der Waals surface area contributed by atoms with Crippen LogP contribution in [0.25, 0.3) is 0 Å². The summed E-state index contributed by atoms with van der Waals surface area (Å²) >= 11 is 1.30.